The normalized spacial score (nSPS) is 15.0. The highest BCUT2D eigenvalue weighted by Crippen LogP contribution is 2.21. The first-order valence-electron chi connectivity index (χ1n) is 6.14. The van der Waals surface area contributed by atoms with E-state index in [1.54, 1.807) is 18.6 Å². The van der Waals surface area contributed by atoms with Crippen LogP contribution in [-0.2, 0) is 6.42 Å². The summed E-state index contributed by atoms with van der Waals surface area (Å²) in [4.78, 5) is 24.7. The topological polar surface area (TPSA) is 55.7 Å². The van der Waals surface area contributed by atoms with Crippen molar-refractivity contribution in [1.29, 1.82) is 0 Å². The van der Waals surface area contributed by atoms with Crippen molar-refractivity contribution in [3.63, 3.8) is 0 Å². The summed E-state index contributed by atoms with van der Waals surface area (Å²) < 4.78 is 0. The smallest absolute Gasteiger partial charge is 0.166 e. The highest BCUT2D eigenvalue weighted by molar-refractivity contribution is 5.97. The van der Waals surface area contributed by atoms with Crippen LogP contribution in [0.2, 0.25) is 0 Å². The lowest BCUT2D eigenvalue weighted by Gasteiger charge is -2.05. The number of aromatic nitrogens is 3. The van der Waals surface area contributed by atoms with E-state index in [0.717, 1.165) is 30.5 Å². The summed E-state index contributed by atoms with van der Waals surface area (Å²) in [6, 6.07) is 3.78. The van der Waals surface area contributed by atoms with Crippen molar-refractivity contribution in [3.8, 4) is 11.4 Å². The zero-order valence-electron chi connectivity index (χ0n) is 9.97. The fourth-order valence-corrected chi connectivity index (χ4v) is 2.19. The molecule has 0 aliphatic heterocycles. The minimum Gasteiger partial charge on any atom is -0.294 e. The minimum atomic E-state index is 0.167. The molecule has 2 aromatic heterocycles. The van der Waals surface area contributed by atoms with E-state index in [9.17, 15) is 4.79 Å². The lowest BCUT2D eigenvalue weighted by atomic mass is 10.1. The monoisotopic (exact) mass is 239 g/mol. The number of hydrogen-bond acceptors (Lipinski definition) is 4. The molecule has 0 bridgehead atoms. The molecule has 0 fully saturated rings. The molecule has 4 heteroatoms. The van der Waals surface area contributed by atoms with Crippen molar-refractivity contribution in [3.05, 3.63) is 42.0 Å². The molecule has 0 N–H and O–H groups in total. The first kappa shape index (κ1) is 11.0. The molecule has 0 atom stereocenters. The number of rotatable bonds is 1. The molecule has 1 aliphatic rings. The van der Waals surface area contributed by atoms with Gasteiger partial charge in [0.25, 0.3) is 0 Å². The van der Waals surface area contributed by atoms with Gasteiger partial charge >= 0.3 is 0 Å². The fraction of sp³-hybridized carbons (Fsp3) is 0.286. The maximum atomic E-state index is 11.9. The summed E-state index contributed by atoms with van der Waals surface area (Å²) >= 11 is 0. The molecule has 2 heterocycles. The molecule has 2 aromatic rings. The van der Waals surface area contributed by atoms with Crippen LogP contribution in [0.25, 0.3) is 11.4 Å². The highest BCUT2D eigenvalue weighted by atomic mass is 16.1. The third-order valence-electron chi connectivity index (χ3n) is 3.16. The molecule has 0 amide bonds. The molecule has 0 spiro atoms. The number of Topliss-reactive ketones (excluding diaryl/α,β-unsaturated/α-hetero) is 1. The second-order valence-corrected chi connectivity index (χ2v) is 4.43. The third kappa shape index (κ3) is 2.01. The molecule has 0 saturated heterocycles. The summed E-state index contributed by atoms with van der Waals surface area (Å²) in [5, 5.41) is 0. The van der Waals surface area contributed by atoms with E-state index in [4.69, 9.17) is 0 Å². The Morgan fingerprint density at radius 3 is 2.83 bits per heavy atom. The highest BCUT2D eigenvalue weighted by Gasteiger charge is 2.18. The van der Waals surface area contributed by atoms with E-state index in [1.807, 2.05) is 12.1 Å². The standard InChI is InChI=1S/C14H13N3O/c18-13-6-2-1-5-12-11(13)9-16-14(17-12)10-4-3-7-15-8-10/h3-4,7-9H,1-2,5-6H2. The van der Waals surface area contributed by atoms with Crippen LogP contribution in [0, 0.1) is 0 Å². The van der Waals surface area contributed by atoms with Crippen LogP contribution < -0.4 is 0 Å². The molecule has 0 saturated carbocycles. The molecule has 0 aromatic carbocycles. The molecule has 0 radical (unpaired) electrons. The average Bonchev–Trinajstić information content (AvgIpc) is 2.61. The minimum absolute atomic E-state index is 0.167. The van der Waals surface area contributed by atoms with Gasteiger partial charge < -0.3 is 0 Å². The van der Waals surface area contributed by atoms with Gasteiger partial charge in [-0.1, -0.05) is 0 Å². The predicted octanol–water partition coefficient (Wildman–Crippen LogP) is 2.45. The van der Waals surface area contributed by atoms with Gasteiger partial charge in [0.2, 0.25) is 0 Å². The molecular formula is C14H13N3O. The van der Waals surface area contributed by atoms with Crippen molar-refractivity contribution in [1.82, 2.24) is 15.0 Å². The van der Waals surface area contributed by atoms with Crippen LogP contribution in [0.5, 0.6) is 0 Å². The maximum Gasteiger partial charge on any atom is 0.166 e. The van der Waals surface area contributed by atoms with E-state index in [1.165, 1.54) is 0 Å². The van der Waals surface area contributed by atoms with Crippen LogP contribution in [0.1, 0.15) is 35.3 Å². The number of aryl methyl sites for hydroxylation is 1. The van der Waals surface area contributed by atoms with Crippen LogP contribution in [0.4, 0.5) is 0 Å². The van der Waals surface area contributed by atoms with Crippen LogP contribution in [0.3, 0.4) is 0 Å². The predicted molar refractivity (Wildman–Crippen MR) is 67.1 cm³/mol. The number of pyridine rings is 1. The van der Waals surface area contributed by atoms with E-state index < -0.39 is 0 Å². The van der Waals surface area contributed by atoms with Crippen LogP contribution >= 0.6 is 0 Å². The summed E-state index contributed by atoms with van der Waals surface area (Å²) in [6.07, 6.45) is 8.55. The Kier molecular flexibility index (Phi) is 2.84. The van der Waals surface area contributed by atoms with Gasteiger partial charge in [0.1, 0.15) is 0 Å². The molecular weight excluding hydrogens is 226 g/mol. The molecule has 3 rings (SSSR count). The number of ketones is 1. The Labute approximate surface area is 105 Å². The Balaban J connectivity index is 2.06. The van der Waals surface area contributed by atoms with Gasteiger partial charge in [0.15, 0.2) is 11.6 Å². The Morgan fingerprint density at radius 1 is 1.11 bits per heavy atom. The van der Waals surface area contributed by atoms with Crippen molar-refractivity contribution >= 4 is 5.78 Å². The van der Waals surface area contributed by atoms with Crippen LogP contribution in [-0.4, -0.2) is 20.7 Å². The largest absolute Gasteiger partial charge is 0.294 e. The summed E-state index contributed by atoms with van der Waals surface area (Å²) in [6.45, 7) is 0. The maximum absolute atomic E-state index is 11.9. The third-order valence-corrected chi connectivity index (χ3v) is 3.16. The first-order chi connectivity index (χ1) is 8.84. The fourth-order valence-electron chi connectivity index (χ4n) is 2.19. The lowest BCUT2D eigenvalue weighted by Crippen LogP contribution is -2.05. The Bertz CT molecular complexity index is 581. The number of carbonyl (C=O) groups is 1. The van der Waals surface area contributed by atoms with E-state index in [2.05, 4.69) is 15.0 Å². The van der Waals surface area contributed by atoms with Crippen molar-refractivity contribution < 1.29 is 4.79 Å². The summed E-state index contributed by atoms with van der Waals surface area (Å²) in [5.41, 5.74) is 2.46. The van der Waals surface area contributed by atoms with E-state index in [-0.39, 0.29) is 5.78 Å². The molecule has 90 valence electrons. The quantitative estimate of drug-likeness (QED) is 0.717. The molecule has 18 heavy (non-hydrogen) atoms. The van der Waals surface area contributed by atoms with Crippen molar-refractivity contribution in [2.75, 3.05) is 0 Å². The molecule has 1 aliphatic carbocycles. The Hall–Kier alpha value is -2.10. The lowest BCUT2D eigenvalue weighted by molar-refractivity contribution is 0.0981. The molecule has 4 nitrogen and oxygen atoms in total. The first-order valence-corrected chi connectivity index (χ1v) is 6.14. The van der Waals surface area contributed by atoms with Crippen molar-refractivity contribution in [2.24, 2.45) is 0 Å². The van der Waals surface area contributed by atoms with Gasteiger partial charge in [-0.05, 0) is 31.4 Å². The van der Waals surface area contributed by atoms with Gasteiger partial charge in [-0.15, -0.1) is 0 Å². The zero-order valence-corrected chi connectivity index (χ0v) is 9.97. The number of hydrogen-bond donors (Lipinski definition) is 0. The van der Waals surface area contributed by atoms with Gasteiger partial charge in [0, 0.05) is 30.6 Å². The van der Waals surface area contributed by atoms with Crippen molar-refractivity contribution in [2.45, 2.75) is 25.7 Å². The van der Waals surface area contributed by atoms with Gasteiger partial charge in [-0.2, -0.15) is 0 Å². The van der Waals surface area contributed by atoms with Gasteiger partial charge in [-0.3, -0.25) is 9.78 Å². The van der Waals surface area contributed by atoms with Crippen LogP contribution in [0.15, 0.2) is 30.7 Å². The summed E-state index contributed by atoms with van der Waals surface area (Å²) in [5.74, 6) is 0.816. The Morgan fingerprint density at radius 2 is 2.00 bits per heavy atom. The van der Waals surface area contributed by atoms with E-state index in [0.29, 0.717) is 17.8 Å². The van der Waals surface area contributed by atoms with Gasteiger partial charge in [0.05, 0.1) is 11.3 Å². The summed E-state index contributed by atoms with van der Waals surface area (Å²) in [7, 11) is 0. The number of nitrogens with zero attached hydrogens (tertiary/aromatic N) is 3. The number of carbonyl (C=O) groups excluding carboxylic acids is 1. The van der Waals surface area contributed by atoms with Gasteiger partial charge in [-0.25, -0.2) is 9.97 Å². The SMILES string of the molecule is O=C1CCCCc2nc(-c3cccnc3)ncc21. The van der Waals surface area contributed by atoms with E-state index >= 15 is 0 Å². The zero-order chi connectivity index (χ0) is 12.4. The second-order valence-electron chi connectivity index (χ2n) is 4.43. The average molecular weight is 239 g/mol. The second kappa shape index (κ2) is 4.64. The number of fused-ring (bicyclic) bond motifs is 1. The molecule has 0 unspecified atom stereocenters.